The maximum absolute atomic E-state index is 2.36. The third-order valence-electron chi connectivity index (χ3n) is 3.92. The standard InChI is InChI=1S/C18H23S.2ClH.Ti/c1-4-5-14-19-17-13-9-8-12-16(17)18(2,3)15-10-6-7-11-15;;;/h6,8-10,12-13H,4-5,7,14H2,1-3H3;2*1H;/q;;;+2/p-2. The molecule has 0 radical (unpaired) electrons. The monoisotopic (exact) mass is 389 g/mol. The third-order valence-corrected chi connectivity index (χ3v) is 5.82. The molecule has 0 N–H and O–H groups in total. The van der Waals surface area contributed by atoms with Crippen LogP contribution in [-0.2, 0) is 25.9 Å². The molecule has 119 valence electrons. The SMILES string of the molecule is CCCCSc1ccccc1C(C)(C)C1=[C]([Ti+2])CC=C1.[Cl-].[Cl-]. The predicted molar refractivity (Wildman–Crippen MR) is 85.9 cm³/mol. The molecule has 0 amide bonds. The molecule has 0 unspecified atom stereocenters. The maximum Gasteiger partial charge on any atom is -1.00 e. The Morgan fingerprint density at radius 3 is 2.45 bits per heavy atom. The van der Waals surface area contributed by atoms with Gasteiger partial charge in [0.05, 0.1) is 0 Å². The summed E-state index contributed by atoms with van der Waals surface area (Å²) in [4.78, 5) is 1.45. The predicted octanol–water partition coefficient (Wildman–Crippen LogP) is -0.375. The van der Waals surface area contributed by atoms with Crippen molar-refractivity contribution in [2.75, 3.05) is 5.75 Å². The first-order valence-corrected chi connectivity index (χ1v) is 9.18. The molecule has 0 heterocycles. The summed E-state index contributed by atoms with van der Waals surface area (Å²) in [5, 5.41) is 0. The molecular formula is C18H23Cl2STi. The number of hydrogen-bond donors (Lipinski definition) is 0. The summed E-state index contributed by atoms with van der Waals surface area (Å²) in [5.41, 5.74) is 3.08. The Kier molecular flexibility index (Phi) is 10.4. The van der Waals surface area contributed by atoms with Crippen LogP contribution >= 0.6 is 11.8 Å². The molecule has 0 fully saturated rings. The van der Waals surface area contributed by atoms with E-state index >= 15 is 0 Å². The Hall–Kier alpha value is 0.344. The fourth-order valence-corrected chi connectivity index (χ4v) is 4.78. The van der Waals surface area contributed by atoms with Crippen LogP contribution in [0.3, 0.4) is 0 Å². The number of allylic oxidation sites excluding steroid dienone is 4. The summed E-state index contributed by atoms with van der Waals surface area (Å²) in [7, 11) is 0. The van der Waals surface area contributed by atoms with Gasteiger partial charge in [-0.2, -0.15) is 0 Å². The molecular weight excluding hydrogens is 367 g/mol. The van der Waals surface area contributed by atoms with Crippen LogP contribution in [0.1, 0.15) is 45.6 Å². The molecule has 0 atom stereocenters. The van der Waals surface area contributed by atoms with E-state index in [0.29, 0.717) is 0 Å². The van der Waals surface area contributed by atoms with Gasteiger partial charge >= 0.3 is 140 Å². The van der Waals surface area contributed by atoms with Crippen molar-refractivity contribution < 1.29 is 45.2 Å². The second-order valence-electron chi connectivity index (χ2n) is 5.82. The topological polar surface area (TPSA) is 0 Å². The van der Waals surface area contributed by atoms with Gasteiger partial charge in [-0.25, -0.2) is 0 Å². The van der Waals surface area contributed by atoms with E-state index < -0.39 is 0 Å². The van der Waals surface area contributed by atoms with Crippen molar-refractivity contribution in [3.63, 3.8) is 0 Å². The van der Waals surface area contributed by atoms with Crippen molar-refractivity contribution in [2.24, 2.45) is 0 Å². The van der Waals surface area contributed by atoms with E-state index in [1.165, 1.54) is 38.5 Å². The summed E-state index contributed by atoms with van der Waals surface area (Å²) in [6.45, 7) is 6.98. The number of benzene rings is 1. The zero-order valence-corrected chi connectivity index (χ0v) is 17.3. The van der Waals surface area contributed by atoms with E-state index in [1.54, 1.807) is 0 Å². The zero-order valence-electron chi connectivity index (χ0n) is 13.5. The van der Waals surface area contributed by atoms with Gasteiger partial charge in [0.25, 0.3) is 0 Å². The molecule has 0 saturated carbocycles. The molecule has 0 saturated heterocycles. The molecule has 0 spiro atoms. The number of halogens is 2. The molecule has 0 nitrogen and oxygen atoms in total. The largest absolute Gasteiger partial charge is 1.00 e. The summed E-state index contributed by atoms with van der Waals surface area (Å²) >= 11 is 4.28. The normalized spacial score (nSPS) is 13.9. The Labute approximate surface area is 163 Å². The van der Waals surface area contributed by atoms with Crippen LogP contribution in [0.15, 0.2) is 50.8 Å². The maximum atomic E-state index is 2.36. The van der Waals surface area contributed by atoms with Crippen molar-refractivity contribution in [1.82, 2.24) is 0 Å². The minimum absolute atomic E-state index is 0. The number of thioether (sulfide) groups is 1. The van der Waals surface area contributed by atoms with E-state index in [1.807, 2.05) is 11.8 Å². The summed E-state index contributed by atoms with van der Waals surface area (Å²) in [6, 6.07) is 8.93. The summed E-state index contributed by atoms with van der Waals surface area (Å²) in [5.74, 6) is 1.22. The molecule has 0 aromatic heterocycles. The molecule has 4 heteroatoms. The fraction of sp³-hybridized carbons (Fsp3) is 0.444. The van der Waals surface area contributed by atoms with Gasteiger partial charge in [0, 0.05) is 0 Å². The Balaban J connectivity index is 0.00000220. The van der Waals surface area contributed by atoms with Gasteiger partial charge in [0.1, 0.15) is 0 Å². The van der Waals surface area contributed by atoms with Crippen LogP contribution in [0.5, 0.6) is 0 Å². The molecule has 0 aliphatic heterocycles. The Bertz CT molecular complexity index is 536. The Morgan fingerprint density at radius 2 is 1.86 bits per heavy atom. The molecule has 1 aromatic carbocycles. The first-order chi connectivity index (χ1) is 9.57. The summed E-state index contributed by atoms with van der Waals surface area (Å²) < 4.78 is 1.52. The van der Waals surface area contributed by atoms with Crippen molar-refractivity contribution in [2.45, 2.75) is 50.3 Å². The molecule has 1 aliphatic rings. The zero-order chi connectivity index (χ0) is 14.6. The van der Waals surface area contributed by atoms with Crippen LogP contribution in [0.4, 0.5) is 0 Å². The second kappa shape index (κ2) is 10.3. The average molecular weight is 390 g/mol. The van der Waals surface area contributed by atoms with Crippen molar-refractivity contribution >= 4 is 11.8 Å². The van der Waals surface area contributed by atoms with Crippen molar-refractivity contribution in [1.29, 1.82) is 0 Å². The molecule has 1 aliphatic carbocycles. The van der Waals surface area contributed by atoms with Gasteiger partial charge in [-0.1, -0.05) is 0 Å². The minimum Gasteiger partial charge on any atom is -1.00 e. The summed E-state index contributed by atoms with van der Waals surface area (Å²) in [6.07, 6.45) is 8.29. The quantitative estimate of drug-likeness (QED) is 0.363. The van der Waals surface area contributed by atoms with E-state index in [9.17, 15) is 0 Å². The van der Waals surface area contributed by atoms with E-state index in [2.05, 4.69) is 77.6 Å². The Morgan fingerprint density at radius 1 is 1.18 bits per heavy atom. The van der Waals surface area contributed by atoms with Crippen LogP contribution in [0, 0.1) is 0 Å². The third kappa shape index (κ3) is 5.18. The van der Waals surface area contributed by atoms with Gasteiger partial charge < -0.3 is 24.8 Å². The van der Waals surface area contributed by atoms with E-state index in [0.717, 1.165) is 6.42 Å². The minimum atomic E-state index is 0. The molecule has 1 aromatic rings. The van der Waals surface area contributed by atoms with Crippen LogP contribution in [-0.4, -0.2) is 5.75 Å². The number of rotatable bonds is 6. The number of hydrogen-bond acceptors (Lipinski definition) is 1. The van der Waals surface area contributed by atoms with E-state index in [-0.39, 0.29) is 30.2 Å². The first-order valence-electron chi connectivity index (χ1n) is 7.41. The van der Waals surface area contributed by atoms with Crippen LogP contribution in [0.2, 0.25) is 0 Å². The first kappa shape index (κ1) is 22.3. The van der Waals surface area contributed by atoms with Gasteiger partial charge in [0.2, 0.25) is 0 Å². The van der Waals surface area contributed by atoms with Gasteiger partial charge in [-0.05, 0) is 0 Å². The smallest absolute Gasteiger partial charge is 1.00 e. The number of unbranched alkanes of at least 4 members (excludes halogenated alkanes) is 1. The average Bonchev–Trinajstić information content (AvgIpc) is 2.86. The van der Waals surface area contributed by atoms with Gasteiger partial charge in [-0.3, -0.25) is 0 Å². The van der Waals surface area contributed by atoms with Gasteiger partial charge in [-0.15, -0.1) is 0 Å². The van der Waals surface area contributed by atoms with Gasteiger partial charge in [0.15, 0.2) is 0 Å². The van der Waals surface area contributed by atoms with Crippen LogP contribution in [0.25, 0.3) is 0 Å². The molecule has 0 bridgehead atoms. The fourth-order valence-electron chi connectivity index (χ4n) is 2.67. The van der Waals surface area contributed by atoms with Crippen LogP contribution < -0.4 is 24.8 Å². The van der Waals surface area contributed by atoms with Crippen molar-refractivity contribution in [3.8, 4) is 0 Å². The second-order valence-corrected chi connectivity index (χ2v) is 7.90. The molecule has 22 heavy (non-hydrogen) atoms. The molecule has 2 rings (SSSR count). The van der Waals surface area contributed by atoms with Crippen molar-refractivity contribution in [3.05, 3.63) is 51.4 Å². The van der Waals surface area contributed by atoms with E-state index in [4.69, 9.17) is 0 Å².